The van der Waals surface area contributed by atoms with Crippen LogP contribution in [0.1, 0.15) is 6.92 Å². The van der Waals surface area contributed by atoms with Crippen molar-refractivity contribution in [2.75, 3.05) is 26.9 Å². The maximum absolute atomic E-state index is 11.0. The molecule has 1 heterocycles. The van der Waals surface area contributed by atoms with Crippen LogP contribution in [0.5, 0.6) is 0 Å². The molecule has 1 fully saturated rings. The lowest BCUT2D eigenvalue weighted by Gasteiger charge is -2.29. The lowest BCUT2D eigenvalue weighted by molar-refractivity contribution is -0.183. The van der Waals surface area contributed by atoms with Gasteiger partial charge < -0.3 is 19.3 Å². The Morgan fingerprint density at radius 2 is 2.31 bits per heavy atom. The second-order valence-electron chi connectivity index (χ2n) is 3.24. The molecule has 1 unspecified atom stereocenters. The highest BCUT2D eigenvalue weighted by molar-refractivity contribution is 5.78. The number of hydrogen-bond donors (Lipinski definition) is 1. The fraction of sp³-hybridized carbons (Fsp3) is 0.875. The average Bonchev–Trinajstić information content (AvgIpc) is 1.99. The minimum absolute atomic E-state index is 0.00358. The van der Waals surface area contributed by atoms with Crippen molar-refractivity contribution in [3.63, 3.8) is 0 Å². The van der Waals surface area contributed by atoms with E-state index in [0.29, 0.717) is 13.2 Å². The monoisotopic (exact) mass is 190 g/mol. The summed E-state index contributed by atoms with van der Waals surface area (Å²) in [7, 11) is 1.23. The van der Waals surface area contributed by atoms with Gasteiger partial charge in [0, 0.05) is 0 Å². The normalized spacial score (nSPS) is 21.8. The Morgan fingerprint density at radius 1 is 1.69 bits per heavy atom. The summed E-state index contributed by atoms with van der Waals surface area (Å²) in [4.78, 5) is 11.0. The summed E-state index contributed by atoms with van der Waals surface area (Å²) in [5.41, 5.74) is -1.57. The highest BCUT2D eigenvalue weighted by atomic mass is 16.6. The molecule has 5 nitrogen and oxygen atoms in total. The van der Waals surface area contributed by atoms with Gasteiger partial charge in [0.2, 0.25) is 0 Å². The zero-order valence-corrected chi connectivity index (χ0v) is 7.78. The first-order valence-corrected chi connectivity index (χ1v) is 4.06. The third kappa shape index (κ3) is 2.65. The second-order valence-corrected chi connectivity index (χ2v) is 3.24. The molecule has 0 amide bonds. The number of aliphatic hydroxyl groups is 1. The fourth-order valence-corrected chi connectivity index (χ4v) is 0.869. The Labute approximate surface area is 76.6 Å². The summed E-state index contributed by atoms with van der Waals surface area (Å²) in [6.45, 7) is 2.35. The summed E-state index contributed by atoms with van der Waals surface area (Å²) >= 11 is 0. The Balaban J connectivity index is 2.27. The molecule has 0 saturated carbocycles. The van der Waals surface area contributed by atoms with Gasteiger partial charge in [-0.2, -0.15) is 0 Å². The first kappa shape index (κ1) is 10.4. The lowest BCUT2D eigenvalue weighted by atomic mass is 10.1. The van der Waals surface area contributed by atoms with Crippen LogP contribution in [0.25, 0.3) is 0 Å². The zero-order valence-electron chi connectivity index (χ0n) is 7.78. The van der Waals surface area contributed by atoms with Gasteiger partial charge in [0.1, 0.15) is 6.10 Å². The summed E-state index contributed by atoms with van der Waals surface area (Å²) in [5.74, 6) is -0.687. The van der Waals surface area contributed by atoms with E-state index < -0.39 is 11.6 Å². The van der Waals surface area contributed by atoms with Crippen LogP contribution in [0.2, 0.25) is 0 Å². The first-order valence-electron chi connectivity index (χ1n) is 4.06. The molecule has 5 heteroatoms. The third-order valence-corrected chi connectivity index (χ3v) is 1.83. The van der Waals surface area contributed by atoms with Crippen LogP contribution in [-0.2, 0) is 19.0 Å². The predicted molar refractivity (Wildman–Crippen MR) is 43.2 cm³/mol. The van der Waals surface area contributed by atoms with E-state index in [4.69, 9.17) is 9.47 Å². The number of carbonyl (C=O) groups is 1. The van der Waals surface area contributed by atoms with Crippen molar-refractivity contribution in [1.82, 2.24) is 0 Å². The van der Waals surface area contributed by atoms with Crippen LogP contribution in [0, 0.1) is 0 Å². The van der Waals surface area contributed by atoms with Gasteiger partial charge in [-0.1, -0.05) is 0 Å². The van der Waals surface area contributed by atoms with Crippen LogP contribution in [0.3, 0.4) is 0 Å². The lowest BCUT2D eigenvalue weighted by Crippen LogP contribution is -2.45. The molecule has 1 saturated heterocycles. The third-order valence-electron chi connectivity index (χ3n) is 1.83. The SMILES string of the molecule is COC(=O)C(C)(O)COC1COC1. The highest BCUT2D eigenvalue weighted by Gasteiger charge is 2.33. The molecule has 0 spiro atoms. The molecular formula is C8H14O5. The second kappa shape index (κ2) is 4.04. The van der Waals surface area contributed by atoms with Crippen LogP contribution in [0.15, 0.2) is 0 Å². The molecule has 0 aromatic heterocycles. The van der Waals surface area contributed by atoms with Crippen molar-refractivity contribution in [3.8, 4) is 0 Å². The van der Waals surface area contributed by atoms with Gasteiger partial charge in [0.25, 0.3) is 0 Å². The van der Waals surface area contributed by atoms with Crippen molar-refractivity contribution in [3.05, 3.63) is 0 Å². The van der Waals surface area contributed by atoms with Gasteiger partial charge in [-0.25, -0.2) is 4.79 Å². The number of methoxy groups -OCH3 is 1. The topological polar surface area (TPSA) is 65.0 Å². The molecular weight excluding hydrogens is 176 g/mol. The molecule has 1 rings (SSSR count). The van der Waals surface area contributed by atoms with Gasteiger partial charge in [0.05, 0.1) is 26.9 Å². The van der Waals surface area contributed by atoms with E-state index in [2.05, 4.69) is 4.74 Å². The molecule has 1 aliphatic rings. The van der Waals surface area contributed by atoms with Crippen molar-refractivity contribution in [1.29, 1.82) is 0 Å². The number of rotatable bonds is 4. The molecule has 1 N–H and O–H groups in total. The fourth-order valence-electron chi connectivity index (χ4n) is 0.869. The quantitative estimate of drug-likeness (QED) is 0.595. The van der Waals surface area contributed by atoms with E-state index in [0.717, 1.165) is 0 Å². The van der Waals surface area contributed by atoms with Crippen molar-refractivity contribution >= 4 is 5.97 Å². The summed E-state index contributed by atoms with van der Waals surface area (Å²) in [6, 6.07) is 0. The largest absolute Gasteiger partial charge is 0.467 e. The minimum atomic E-state index is -1.57. The molecule has 0 radical (unpaired) electrons. The highest BCUT2D eigenvalue weighted by Crippen LogP contribution is 2.11. The van der Waals surface area contributed by atoms with E-state index >= 15 is 0 Å². The number of hydrogen-bond acceptors (Lipinski definition) is 5. The number of esters is 1. The average molecular weight is 190 g/mol. The van der Waals surface area contributed by atoms with Crippen molar-refractivity contribution in [2.45, 2.75) is 18.6 Å². The zero-order chi connectivity index (χ0) is 9.90. The minimum Gasteiger partial charge on any atom is -0.467 e. The van der Waals surface area contributed by atoms with Crippen LogP contribution in [-0.4, -0.2) is 49.7 Å². The molecule has 0 aromatic carbocycles. The van der Waals surface area contributed by atoms with Gasteiger partial charge in [0.15, 0.2) is 5.60 Å². The van der Waals surface area contributed by atoms with Crippen LogP contribution in [0.4, 0.5) is 0 Å². The molecule has 1 aliphatic heterocycles. The van der Waals surface area contributed by atoms with Crippen LogP contribution < -0.4 is 0 Å². The van der Waals surface area contributed by atoms with Gasteiger partial charge in [-0.3, -0.25) is 0 Å². The Bertz CT molecular complexity index is 185. The first-order chi connectivity index (χ1) is 6.06. The molecule has 76 valence electrons. The van der Waals surface area contributed by atoms with E-state index in [-0.39, 0.29) is 12.7 Å². The van der Waals surface area contributed by atoms with Crippen molar-refractivity contribution in [2.24, 2.45) is 0 Å². The van der Waals surface area contributed by atoms with Gasteiger partial charge in [-0.05, 0) is 6.92 Å². The maximum atomic E-state index is 11.0. The van der Waals surface area contributed by atoms with Crippen LogP contribution >= 0.6 is 0 Å². The van der Waals surface area contributed by atoms with Gasteiger partial charge in [-0.15, -0.1) is 0 Å². The van der Waals surface area contributed by atoms with E-state index in [1.807, 2.05) is 0 Å². The van der Waals surface area contributed by atoms with Gasteiger partial charge >= 0.3 is 5.97 Å². The van der Waals surface area contributed by atoms with E-state index in [1.54, 1.807) is 0 Å². The molecule has 0 aromatic rings. The van der Waals surface area contributed by atoms with E-state index in [9.17, 15) is 9.90 Å². The number of ether oxygens (including phenoxy) is 3. The van der Waals surface area contributed by atoms with Crippen molar-refractivity contribution < 1.29 is 24.1 Å². The predicted octanol–water partition coefficient (Wildman–Crippen LogP) is -0.674. The molecule has 0 aliphatic carbocycles. The molecule has 1 atom stereocenters. The molecule has 13 heavy (non-hydrogen) atoms. The summed E-state index contributed by atoms with van der Waals surface area (Å²) in [6.07, 6.45) is -0.00358. The standard InChI is InChI=1S/C8H14O5/c1-8(10,7(9)11-2)5-13-6-3-12-4-6/h6,10H,3-5H2,1-2H3. The number of carbonyl (C=O) groups excluding carboxylic acids is 1. The summed E-state index contributed by atoms with van der Waals surface area (Å²) < 4.78 is 14.5. The Morgan fingerprint density at radius 3 is 2.69 bits per heavy atom. The summed E-state index contributed by atoms with van der Waals surface area (Å²) in [5, 5.41) is 9.51. The Hall–Kier alpha value is -0.650. The Kier molecular flexibility index (Phi) is 3.24. The van der Waals surface area contributed by atoms with E-state index in [1.165, 1.54) is 14.0 Å². The molecule has 0 bridgehead atoms. The maximum Gasteiger partial charge on any atom is 0.339 e. The smallest absolute Gasteiger partial charge is 0.339 e.